The molecule has 0 atom stereocenters. The third-order valence-electron chi connectivity index (χ3n) is 2.81. The van der Waals surface area contributed by atoms with Crippen molar-refractivity contribution in [1.29, 1.82) is 0 Å². The van der Waals surface area contributed by atoms with Crippen molar-refractivity contribution in [2.45, 2.75) is 27.2 Å². The molecule has 0 aliphatic heterocycles. The van der Waals surface area contributed by atoms with E-state index in [1.807, 2.05) is 6.92 Å². The number of aliphatic carboxylic acids is 1. The molecule has 0 aliphatic rings. The molecule has 0 aromatic rings. The summed E-state index contributed by atoms with van der Waals surface area (Å²) >= 11 is 0. The van der Waals surface area contributed by atoms with Crippen LogP contribution in [0.4, 0.5) is 0 Å². The van der Waals surface area contributed by atoms with Crippen LogP contribution in [-0.2, 0) is 14.4 Å². The molecule has 0 bridgehead atoms. The molecule has 0 saturated carbocycles. The fraction of sp³-hybridized carbons (Fsp3) is 0.615. The maximum atomic E-state index is 12.2. The number of rotatable bonds is 6. The van der Waals surface area contributed by atoms with Gasteiger partial charge in [0.1, 0.15) is 0 Å². The molecule has 0 aromatic carbocycles. The molecule has 6 nitrogen and oxygen atoms in total. The third-order valence-corrected chi connectivity index (χ3v) is 2.81. The van der Waals surface area contributed by atoms with Crippen LogP contribution in [-0.4, -0.2) is 59.9 Å². The van der Waals surface area contributed by atoms with Gasteiger partial charge in [0.25, 0.3) is 0 Å². The molecule has 0 saturated heterocycles. The molecule has 0 fully saturated rings. The van der Waals surface area contributed by atoms with Gasteiger partial charge in [0, 0.05) is 31.8 Å². The lowest BCUT2D eigenvalue weighted by Gasteiger charge is -2.24. The van der Waals surface area contributed by atoms with E-state index in [9.17, 15) is 14.4 Å². The van der Waals surface area contributed by atoms with Gasteiger partial charge in [-0.25, -0.2) is 4.79 Å². The van der Waals surface area contributed by atoms with Gasteiger partial charge in [-0.2, -0.15) is 0 Å². The molecular weight excluding hydrogens is 248 g/mol. The van der Waals surface area contributed by atoms with Crippen molar-refractivity contribution in [3.8, 4) is 0 Å². The van der Waals surface area contributed by atoms with Crippen molar-refractivity contribution in [3.63, 3.8) is 0 Å². The summed E-state index contributed by atoms with van der Waals surface area (Å²) in [6.07, 6.45) is 0.700. The first-order valence-corrected chi connectivity index (χ1v) is 6.12. The number of amides is 2. The van der Waals surface area contributed by atoms with E-state index in [0.717, 1.165) is 0 Å². The minimum absolute atomic E-state index is 0.00315. The average Bonchev–Trinajstić information content (AvgIpc) is 2.35. The van der Waals surface area contributed by atoms with E-state index in [2.05, 4.69) is 0 Å². The zero-order chi connectivity index (χ0) is 15.2. The molecular formula is C13H22N2O4. The van der Waals surface area contributed by atoms with E-state index in [4.69, 9.17) is 5.11 Å². The molecule has 0 aliphatic carbocycles. The number of carboxylic acid groups (broad SMARTS) is 1. The smallest absolute Gasteiger partial charge is 0.331 e. The number of nitrogens with zero attached hydrogens (tertiary/aromatic N) is 2. The first kappa shape index (κ1) is 17.2. The van der Waals surface area contributed by atoms with Gasteiger partial charge in [-0.3, -0.25) is 9.59 Å². The van der Waals surface area contributed by atoms with E-state index in [-0.39, 0.29) is 23.6 Å². The van der Waals surface area contributed by atoms with Crippen molar-refractivity contribution in [2.24, 2.45) is 0 Å². The molecule has 0 aromatic heterocycles. The fourth-order valence-corrected chi connectivity index (χ4v) is 1.38. The molecule has 108 valence electrons. The Kier molecular flexibility index (Phi) is 6.82. The standard InChI is InChI=1S/C13H22N2O4/c1-6-7-15(8-11(16)14(4)5)12(17)9(2)10(3)13(18)19/h6-8H2,1-5H3,(H,18,19). The van der Waals surface area contributed by atoms with Gasteiger partial charge in [-0.05, 0) is 20.3 Å². The van der Waals surface area contributed by atoms with E-state index in [0.29, 0.717) is 13.0 Å². The van der Waals surface area contributed by atoms with Crippen LogP contribution in [0.5, 0.6) is 0 Å². The molecule has 0 radical (unpaired) electrons. The minimum Gasteiger partial charge on any atom is -0.478 e. The number of carbonyl (C=O) groups is 3. The molecule has 0 rings (SSSR count). The lowest BCUT2D eigenvalue weighted by molar-refractivity contribution is -0.137. The van der Waals surface area contributed by atoms with Crippen LogP contribution in [0.1, 0.15) is 27.2 Å². The Balaban J connectivity index is 5.09. The van der Waals surface area contributed by atoms with Crippen LogP contribution in [0.3, 0.4) is 0 Å². The average molecular weight is 270 g/mol. The molecule has 6 heteroatoms. The van der Waals surface area contributed by atoms with Crippen LogP contribution >= 0.6 is 0 Å². The lowest BCUT2D eigenvalue weighted by atomic mass is 10.1. The Morgan fingerprint density at radius 3 is 1.95 bits per heavy atom. The SMILES string of the molecule is CCCN(CC(=O)N(C)C)C(=O)C(C)=C(C)C(=O)O. The van der Waals surface area contributed by atoms with Crippen molar-refractivity contribution in [1.82, 2.24) is 9.80 Å². The minimum atomic E-state index is -1.12. The largest absolute Gasteiger partial charge is 0.478 e. The predicted molar refractivity (Wildman–Crippen MR) is 71.6 cm³/mol. The van der Waals surface area contributed by atoms with Crippen LogP contribution in [0.2, 0.25) is 0 Å². The first-order valence-electron chi connectivity index (χ1n) is 6.12. The second kappa shape index (κ2) is 7.56. The maximum Gasteiger partial charge on any atom is 0.331 e. The monoisotopic (exact) mass is 270 g/mol. The Labute approximate surface area is 113 Å². The number of carbonyl (C=O) groups excluding carboxylic acids is 2. The highest BCUT2D eigenvalue weighted by molar-refractivity contribution is 6.02. The van der Waals surface area contributed by atoms with Gasteiger partial charge in [-0.1, -0.05) is 6.92 Å². The summed E-state index contributed by atoms with van der Waals surface area (Å²) in [7, 11) is 3.23. The van der Waals surface area contributed by atoms with Gasteiger partial charge in [-0.15, -0.1) is 0 Å². The van der Waals surface area contributed by atoms with Crippen LogP contribution in [0.15, 0.2) is 11.1 Å². The molecule has 19 heavy (non-hydrogen) atoms. The second-order valence-electron chi connectivity index (χ2n) is 4.57. The van der Waals surface area contributed by atoms with Gasteiger partial charge < -0.3 is 14.9 Å². The Bertz CT molecular complexity index is 399. The molecule has 1 N–H and O–H groups in total. The molecule has 0 heterocycles. The van der Waals surface area contributed by atoms with Gasteiger partial charge in [0.05, 0.1) is 6.54 Å². The van der Waals surface area contributed by atoms with E-state index >= 15 is 0 Å². The Morgan fingerprint density at radius 1 is 1.05 bits per heavy atom. The third kappa shape index (κ3) is 5.11. The zero-order valence-electron chi connectivity index (χ0n) is 12.2. The topological polar surface area (TPSA) is 77.9 Å². The Hall–Kier alpha value is -1.85. The van der Waals surface area contributed by atoms with E-state index < -0.39 is 11.9 Å². The van der Waals surface area contributed by atoms with Crippen LogP contribution in [0.25, 0.3) is 0 Å². The maximum absolute atomic E-state index is 12.2. The summed E-state index contributed by atoms with van der Waals surface area (Å²) in [5, 5.41) is 8.88. The first-order chi connectivity index (χ1) is 8.72. The quantitative estimate of drug-likeness (QED) is 0.722. The predicted octanol–water partition coefficient (Wildman–Crippen LogP) is 0.734. The highest BCUT2D eigenvalue weighted by atomic mass is 16.4. The van der Waals surface area contributed by atoms with Crippen LogP contribution < -0.4 is 0 Å². The van der Waals surface area contributed by atoms with Crippen molar-refractivity contribution in [3.05, 3.63) is 11.1 Å². The second-order valence-corrected chi connectivity index (χ2v) is 4.57. The Morgan fingerprint density at radius 2 is 1.58 bits per heavy atom. The number of hydrogen-bond acceptors (Lipinski definition) is 3. The zero-order valence-corrected chi connectivity index (χ0v) is 12.2. The summed E-state index contributed by atoms with van der Waals surface area (Å²) in [4.78, 5) is 37.5. The van der Waals surface area contributed by atoms with Crippen LogP contribution in [0, 0.1) is 0 Å². The van der Waals surface area contributed by atoms with Gasteiger partial charge >= 0.3 is 5.97 Å². The summed E-state index contributed by atoms with van der Waals surface area (Å²) in [5.41, 5.74) is 0.163. The lowest BCUT2D eigenvalue weighted by Crippen LogP contribution is -2.41. The molecule has 2 amide bonds. The highest BCUT2D eigenvalue weighted by Gasteiger charge is 2.21. The normalized spacial score (nSPS) is 11.6. The van der Waals surface area contributed by atoms with Crippen molar-refractivity contribution in [2.75, 3.05) is 27.2 Å². The number of likely N-dealkylation sites (N-methyl/N-ethyl adjacent to an activating group) is 1. The highest BCUT2D eigenvalue weighted by Crippen LogP contribution is 2.09. The van der Waals surface area contributed by atoms with Gasteiger partial charge in [0.15, 0.2) is 0 Å². The van der Waals surface area contributed by atoms with E-state index in [1.165, 1.54) is 23.6 Å². The molecule has 0 spiro atoms. The fourth-order valence-electron chi connectivity index (χ4n) is 1.38. The summed E-state index contributed by atoms with van der Waals surface area (Å²) in [5.74, 6) is -1.72. The number of hydrogen-bond donors (Lipinski definition) is 1. The summed E-state index contributed by atoms with van der Waals surface area (Å²) in [6, 6.07) is 0. The number of carboxylic acids is 1. The van der Waals surface area contributed by atoms with E-state index in [1.54, 1.807) is 14.1 Å². The van der Waals surface area contributed by atoms with Gasteiger partial charge in [0.2, 0.25) is 11.8 Å². The summed E-state index contributed by atoms with van der Waals surface area (Å²) in [6.45, 7) is 5.12. The summed E-state index contributed by atoms with van der Waals surface area (Å²) < 4.78 is 0. The van der Waals surface area contributed by atoms with Crippen molar-refractivity contribution >= 4 is 17.8 Å². The molecule has 0 unspecified atom stereocenters. The van der Waals surface area contributed by atoms with Crippen molar-refractivity contribution < 1.29 is 19.5 Å².